The van der Waals surface area contributed by atoms with E-state index in [9.17, 15) is 9.59 Å². The number of Topliss-reactive ketones (excluding diaryl/α,β-unsaturated/α-hetero) is 1. The van der Waals surface area contributed by atoms with Crippen molar-refractivity contribution < 1.29 is 9.59 Å². The molecule has 1 unspecified atom stereocenters. The van der Waals surface area contributed by atoms with Gasteiger partial charge in [0.25, 0.3) is 0 Å². The van der Waals surface area contributed by atoms with E-state index in [4.69, 9.17) is 0 Å². The Hall–Kier alpha value is -2.17. The van der Waals surface area contributed by atoms with E-state index >= 15 is 0 Å². The molecule has 1 amide bonds. The second-order valence-corrected chi connectivity index (χ2v) is 8.73. The normalized spacial score (nSPS) is 18.0. The molecule has 0 bridgehead atoms. The van der Waals surface area contributed by atoms with Crippen molar-refractivity contribution in [3.8, 4) is 0 Å². The number of ketones is 1. The Morgan fingerprint density at radius 2 is 1.80 bits per heavy atom. The number of halogens is 1. The van der Waals surface area contributed by atoms with Gasteiger partial charge in [-0.05, 0) is 68.4 Å². The number of hydrogen-bond acceptors (Lipinski definition) is 3. The molecule has 2 aromatic carbocycles. The number of anilines is 1. The second kappa shape index (κ2) is 9.32. The third-order valence-electron chi connectivity index (χ3n) is 6.42. The molecule has 0 aromatic heterocycles. The summed E-state index contributed by atoms with van der Waals surface area (Å²) in [7, 11) is 0. The first-order valence-electron chi connectivity index (χ1n) is 10.7. The molecule has 1 atom stereocenters. The smallest absolute Gasteiger partial charge is 0.224 e. The Kier molecular flexibility index (Phi) is 6.99. The molecule has 5 heteroatoms. The molecule has 0 saturated heterocycles. The number of nitrogens with one attached hydrogen (secondary N) is 1. The highest BCUT2D eigenvalue weighted by atomic mass is 35.5. The van der Waals surface area contributed by atoms with Gasteiger partial charge in [-0.2, -0.15) is 0 Å². The Balaban J connectivity index is 0.00000256. The topological polar surface area (TPSA) is 49.4 Å². The van der Waals surface area contributed by atoms with Crippen molar-refractivity contribution in [1.82, 2.24) is 4.90 Å². The van der Waals surface area contributed by atoms with Crippen LogP contribution < -0.4 is 5.32 Å². The molecule has 4 nitrogen and oxygen atoms in total. The Morgan fingerprint density at radius 3 is 2.50 bits per heavy atom. The van der Waals surface area contributed by atoms with Crippen molar-refractivity contribution >= 4 is 29.8 Å². The van der Waals surface area contributed by atoms with Crippen molar-refractivity contribution in [2.75, 3.05) is 11.9 Å². The largest absolute Gasteiger partial charge is 0.326 e. The van der Waals surface area contributed by atoms with Gasteiger partial charge < -0.3 is 5.32 Å². The van der Waals surface area contributed by atoms with Gasteiger partial charge in [0, 0.05) is 42.7 Å². The van der Waals surface area contributed by atoms with Crippen LogP contribution in [0.4, 0.5) is 5.69 Å². The molecule has 4 rings (SSSR count). The fourth-order valence-electron chi connectivity index (χ4n) is 4.73. The highest BCUT2D eigenvalue weighted by Crippen LogP contribution is 2.37. The number of carbonyl (C=O) groups excluding carboxylic acids is 2. The standard InChI is InChI=1S/C25H30N2O2.ClH/c1-16(2)27(14-18-7-5-4-6-8-18)15-19-9-10-20-17(3)13-22-21(24(20)25(19)29)11-12-23(28)26-22;/h4-8,13,16,19H,9-12,14-15H2,1-3H3,(H,26,28);1H. The van der Waals surface area contributed by atoms with E-state index in [1.165, 1.54) is 11.1 Å². The van der Waals surface area contributed by atoms with Crippen LogP contribution in [0.15, 0.2) is 36.4 Å². The first-order valence-corrected chi connectivity index (χ1v) is 10.7. The zero-order valence-corrected chi connectivity index (χ0v) is 18.8. The van der Waals surface area contributed by atoms with Crippen molar-refractivity contribution in [3.05, 3.63) is 64.2 Å². The predicted octanol–water partition coefficient (Wildman–Crippen LogP) is 4.96. The van der Waals surface area contributed by atoms with Crippen LogP contribution in [0.2, 0.25) is 0 Å². The zero-order chi connectivity index (χ0) is 20.5. The van der Waals surface area contributed by atoms with Crippen LogP contribution in [0, 0.1) is 12.8 Å². The minimum absolute atomic E-state index is 0. The van der Waals surface area contributed by atoms with Gasteiger partial charge >= 0.3 is 0 Å². The fourth-order valence-corrected chi connectivity index (χ4v) is 4.73. The summed E-state index contributed by atoms with van der Waals surface area (Å²) < 4.78 is 0. The summed E-state index contributed by atoms with van der Waals surface area (Å²) in [5.74, 6) is 0.323. The predicted molar refractivity (Wildman–Crippen MR) is 124 cm³/mol. The Morgan fingerprint density at radius 1 is 1.07 bits per heavy atom. The maximum Gasteiger partial charge on any atom is 0.224 e. The first-order chi connectivity index (χ1) is 13.9. The van der Waals surface area contributed by atoms with Crippen LogP contribution in [0.1, 0.15) is 59.3 Å². The quantitative estimate of drug-likeness (QED) is 0.735. The van der Waals surface area contributed by atoms with Crippen LogP contribution in [-0.4, -0.2) is 29.2 Å². The molecule has 2 aliphatic rings. The molecule has 2 aromatic rings. The van der Waals surface area contributed by atoms with Gasteiger partial charge in [0.15, 0.2) is 5.78 Å². The fraction of sp³-hybridized carbons (Fsp3) is 0.440. The second-order valence-electron chi connectivity index (χ2n) is 8.73. The number of carbonyl (C=O) groups is 2. The SMILES string of the molecule is Cc1cc2c(c3c1CCC(CN(Cc1ccccc1)C(C)C)C3=O)CCC(=O)N2.Cl. The first kappa shape index (κ1) is 22.5. The van der Waals surface area contributed by atoms with Gasteiger partial charge in [-0.1, -0.05) is 30.3 Å². The number of amides is 1. The van der Waals surface area contributed by atoms with Gasteiger partial charge in [0.05, 0.1) is 0 Å². The molecule has 0 saturated carbocycles. The Bertz CT molecular complexity index is 940. The van der Waals surface area contributed by atoms with E-state index in [1.807, 2.05) is 6.07 Å². The van der Waals surface area contributed by atoms with Crippen molar-refractivity contribution in [3.63, 3.8) is 0 Å². The molecule has 1 N–H and O–H groups in total. The lowest BCUT2D eigenvalue weighted by Gasteiger charge is -2.34. The maximum absolute atomic E-state index is 13.6. The highest BCUT2D eigenvalue weighted by molar-refractivity contribution is 6.05. The Labute approximate surface area is 185 Å². The lowest BCUT2D eigenvalue weighted by atomic mass is 9.76. The summed E-state index contributed by atoms with van der Waals surface area (Å²) in [4.78, 5) is 27.8. The van der Waals surface area contributed by atoms with Crippen LogP contribution >= 0.6 is 12.4 Å². The van der Waals surface area contributed by atoms with Crippen molar-refractivity contribution in [1.29, 1.82) is 0 Å². The minimum Gasteiger partial charge on any atom is -0.326 e. The minimum atomic E-state index is 0. The molecule has 1 aliphatic carbocycles. The van der Waals surface area contributed by atoms with E-state index in [0.29, 0.717) is 18.9 Å². The van der Waals surface area contributed by atoms with Crippen LogP contribution in [0.3, 0.4) is 0 Å². The number of hydrogen-bond donors (Lipinski definition) is 1. The van der Waals surface area contributed by atoms with E-state index in [1.54, 1.807) is 0 Å². The van der Waals surface area contributed by atoms with Gasteiger partial charge in [0.2, 0.25) is 5.91 Å². The lowest BCUT2D eigenvalue weighted by molar-refractivity contribution is -0.116. The third kappa shape index (κ3) is 4.45. The molecule has 30 heavy (non-hydrogen) atoms. The average Bonchev–Trinajstić information content (AvgIpc) is 2.69. The summed E-state index contributed by atoms with van der Waals surface area (Å²) in [5.41, 5.74) is 6.40. The average molecular weight is 427 g/mol. The summed E-state index contributed by atoms with van der Waals surface area (Å²) >= 11 is 0. The van der Waals surface area contributed by atoms with Crippen molar-refractivity contribution in [2.45, 2.75) is 59.0 Å². The molecule has 1 aliphatic heterocycles. The van der Waals surface area contributed by atoms with Crippen molar-refractivity contribution in [2.24, 2.45) is 5.92 Å². The van der Waals surface area contributed by atoms with Crippen LogP contribution in [-0.2, 0) is 24.2 Å². The molecular weight excluding hydrogens is 396 g/mol. The maximum atomic E-state index is 13.6. The van der Waals surface area contributed by atoms with Gasteiger partial charge in [-0.25, -0.2) is 0 Å². The van der Waals surface area contributed by atoms with Crippen LogP contribution in [0.25, 0.3) is 0 Å². The molecule has 160 valence electrons. The lowest BCUT2D eigenvalue weighted by Crippen LogP contribution is -2.40. The zero-order valence-electron chi connectivity index (χ0n) is 18.0. The van der Waals surface area contributed by atoms with E-state index in [2.05, 4.69) is 61.3 Å². The van der Waals surface area contributed by atoms with E-state index in [0.717, 1.165) is 48.3 Å². The van der Waals surface area contributed by atoms with Gasteiger partial charge in [-0.3, -0.25) is 14.5 Å². The number of fused-ring (bicyclic) bond motifs is 3. The number of rotatable bonds is 5. The third-order valence-corrected chi connectivity index (χ3v) is 6.42. The summed E-state index contributed by atoms with van der Waals surface area (Å²) in [6.07, 6.45) is 2.97. The molecular formula is C25H31ClN2O2. The van der Waals surface area contributed by atoms with Gasteiger partial charge in [-0.15, -0.1) is 12.4 Å². The van der Waals surface area contributed by atoms with E-state index < -0.39 is 0 Å². The molecule has 0 fully saturated rings. The monoisotopic (exact) mass is 426 g/mol. The molecule has 0 spiro atoms. The molecule has 0 radical (unpaired) electrons. The molecule has 1 heterocycles. The summed E-state index contributed by atoms with van der Waals surface area (Å²) in [5, 5.41) is 2.98. The number of aryl methyl sites for hydroxylation is 1. The number of benzene rings is 2. The van der Waals surface area contributed by atoms with Gasteiger partial charge in [0.1, 0.15) is 0 Å². The number of nitrogens with zero attached hydrogens (tertiary/aromatic N) is 1. The highest BCUT2D eigenvalue weighted by Gasteiger charge is 2.34. The summed E-state index contributed by atoms with van der Waals surface area (Å²) in [6, 6.07) is 12.9. The van der Waals surface area contributed by atoms with Crippen LogP contribution in [0.5, 0.6) is 0 Å². The van der Waals surface area contributed by atoms with E-state index in [-0.39, 0.29) is 30.0 Å². The summed E-state index contributed by atoms with van der Waals surface area (Å²) in [6.45, 7) is 8.10.